The van der Waals surface area contributed by atoms with Crippen LogP contribution in [0.2, 0.25) is 0 Å². The first-order valence-electron chi connectivity index (χ1n) is 5.63. The third-order valence-electron chi connectivity index (χ3n) is 3.31. The van der Waals surface area contributed by atoms with Crippen LogP contribution in [0.3, 0.4) is 0 Å². The van der Waals surface area contributed by atoms with E-state index in [2.05, 4.69) is 0 Å². The molecule has 0 N–H and O–H groups in total. The molecule has 1 saturated carbocycles. The van der Waals surface area contributed by atoms with Crippen molar-refractivity contribution in [2.75, 3.05) is 6.61 Å². The molecule has 0 bridgehead atoms. The van der Waals surface area contributed by atoms with Gasteiger partial charge in [-0.25, -0.2) is 0 Å². The number of esters is 1. The summed E-state index contributed by atoms with van der Waals surface area (Å²) in [6.07, 6.45) is 2.68. The molecule has 1 aliphatic heterocycles. The van der Waals surface area contributed by atoms with Crippen LogP contribution in [0, 0.1) is 0 Å². The maximum absolute atomic E-state index is 11.5. The van der Waals surface area contributed by atoms with Gasteiger partial charge in [0.1, 0.15) is 6.04 Å². The molecule has 4 nitrogen and oxygen atoms in total. The first-order chi connectivity index (χ1) is 7.16. The van der Waals surface area contributed by atoms with E-state index in [0.29, 0.717) is 24.9 Å². The molecule has 0 spiro atoms. The fourth-order valence-corrected chi connectivity index (χ4v) is 2.53. The van der Waals surface area contributed by atoms with Crippen LogP contribution in [-0.2, 0) is 14.3 Å². The van der Waals surface area contributed by atoms with Crippen LogP contribution in [0.25, 0.3) is 0 Å². The van der Waals surface area contributed by atoms with E-state index in [-0.39, 0.29) is 18.1 Å². The van der Waals surface area contributed by atoms with Gasteiger partial charge in [0.05, 0.1) is 12.6 Å². The lowest BCUT2D eigenvalue weighted by atomic mass is 10.00. The molecule has 0 aromatic carbocycles. The average molecular weight is 211 g/mol. The van der Waals surface area contributed by atoms with Crippen molar-refractivity contribution >= 4 is 11.8 Å². The Bertz CT molecular complexity index is 290. The van der Waals surface area contributed by atoms with Crippen molar-refractivity contribution < 1.29 is 14.3 Å². The number of nitrogens with zero attached hydrogens (tertiary/aromatic N) is 1. The highest BCUT2D eigenvalue weighted by atomic mass is 16.5. The number of rotatable bonds is 3. The lowest BCUT2D eigenvalue weighted by molar-refractivity contribution is -0.147. The Morgan fingerprint density at radius 3 is 3.00 bits per heavy atom. The number of ether oxygens (including phenoxy) is 1. The lowest BCUT2D eigenvalue weighted by Gasteiger charge is -2.12. The van der Waals surface area contributed by atoms with Crippen molar-refractivity contribution in [1.29, 1.82) is 0 Å². The molecule has 2 fully saturated rings. The Morgan fingerprint density at radius 2 is 2.40 bits per heavy atom. The van der Waals surface area contributed by atoms with Crippen LogP contribution in [-0.4, -0.2) is 41.4 Å². The Balaban J connectivity index is 1.96. The van der Waals surface area contributed by atoms with E-state index in [1.807, 2.05) is 11.8 Å². The van der Waals surface area contributed by atoms with Crippen molar-refractivity contribution in [2.45, 2.75) is 51.2 Å². The van der Waals surface area contributed by atoms with E-state index in [0.717, 1.165) is 12.8 Å². The monoisotopic (exact) mass is 211 g/mol. The number of carbonyl (C=O) groups excluding carboxylic acids is 2. The first kappa shape index (κ1) is 10.6. The van der Waals surface area contributed by atoms with E-state index in [1.54, 1.807) is 6.92 Å². The van der Waals surface area contributed by atoms with Gasteiger partial charge in [-0.3, -0.25) is 14.5 Å². The largest absolute Gasteiger partial charge is 0.465 e. The summed E-state index contributed by atoms with van der Waals surface area (Å²) in [5.41, 5.74) is 0. The molecule has 4 atom stereocenters. The minimum Gasteiger partial charge on any atom is -0.465 e. The third-order valence-corrected chi connectivity index (χ3v) is 3.31. The fourth-order valence-electron chi connectivity index (χ4n) is 2.53. The number of carbonyl (C=O) groups is 2. The van der Waals surface area contributed by atoms with Crippen molar-refractivity contribution in [3.63, 3.8) is 0 Å². The predicted molar refractivity (Wildman–Crippen MR) is 54.4 cm³/mol. The topological polar surface area (TPSA) is 46.4 Å². The smallest absolute Gasteiger partial charge is 0.323 e. The minimum absolute atomic E-state index is 0.0122. The quantitative estimate of drug-likeness (QED) is 0.510. The van der Waals surface area contributed by atoms with E-state index in [9.17, 15) is 9.59 Å². The van der Waals surface area contributed by atoms with Gasteiger partial charge < -0.3 is 4.74 Å². The summed E-state index contributed by atoms with van der Waals surface area (Å²) in [6.45, 7) is 4.02. The summed E-state index contributed by atoms with van der Waals surface area (Å²) in [7, 11) is 0. The van der Waals surface area contributed by atoms with Crippen molar-refractivity contribution in [2.24, 2.45) is 0 Å². The molecule has 84 valence electrons. The molecule has 3 unspecified atom stereocenters. The molecule has 1 aliphatic carbocycles. The number of hydrogen-bond donors (Lipinski definition) is 0. The van der Waals surface area contributed by atoms with Gasteiger partial charge in [-0.2, -0.15) is 0 Å². The molecule has 2 rings (SSSR count). The number of fused-ring (bicyclic) bond motifs is 1. The van der Waals surface area contributed by atoms with E-state index in [4.69, 9.17) is 4.74 Å². The maximum Gasteiger partial charge on any atom is 0.323 e. The summed E-state index contributed by atoms with van der Waals surface area (Å²) in [6, 6.07) is 0.0609. The van der Waals surface area contributed by atoms with Gasteiger partial charge in [-0.05, 0) is 26.7 Å². The number of Topliss-reactive ketones (excluding diaryl/α,β-unsaturated/α-hetero) is 1. The Labute approximate surface area is 89.6 Å². The molecular formula is C11H17NO3. The highest BCUT2D eigenvalue weighted by Crippen LogP contribution is 2.40. The van der Waals surface area contributed by atoms with Crippen LogP contribution >= 0.6 is 0 Å². The van der Waals surface area contributed by atoms with Gasteiger partial charge in [-0.15, -0.1) is 0 Å². The molecule has 0 aromatic heterocycles. The molecule has 4 heteroatoms. The van der Waals surface area contributed by atoms with Crippen molar-refractivity contribution in [3.8, 4) is 0 Å². The minimum atomic E-state index is -0.262. The maximum atomic E-state index is 11.5. The van der Waals surface area contributed by atoms with Crippen LogP contribution < -0.4 is 0 Å². The van der Waals surface area contributed by atoms with E-state index < -0.39 is 0 Å². The summed E-state index contributed by atoms with van der Waals surface area (Å²) in [4.78, 5) is 25.0. The lowest BCUT2D eigenvalue weighted by Crippen LogP contribution is -2.30. The summed E-state index contributed by atoms with van der Waals surface area (Å²) < 4.78 is 4.95. The molecular weight excluding hydrogens is 194 g/mol. The molecule has 15 heavy (non-hydrogen) atoms. The van der Waals surface area contributed by atoms with E-state index >= 15 is 0 Å². The molecule has 0 aromatic rings. The Kier molecular flexibility index (Phi) is 2.78. The molecule has 2 aliphatic rings. The fraction of sp³-hybridized carbons (Fsp3) is 0.818. The first-order valence-corrected chi connectivity index (χ1v) is 5.63. The summed E-state index contributed by atoms with van der Waals surface area (Å²) >= 11 is 0. The zero-order chi connectivity index (χ0) is 11.0. The van der Waals surface area contributed by atoms with E-state index in [1.165, 1.54) is 0 Å². The second-order valence-corrected chi connectivity index (χ2v) is 4.25. The van der Waals surface area contributed by atoms with Gasteiger partial charge >= 0.3 is 5.97 Å². The molecule has 1 saturated heterocycles. The predicted octanol–water partition coefficient (Wildman–Crippen LogP) is 0.744. The second-order valence-electron chi connectivity index (χ2n) is 4.25. The molecule has 0 radical (unpaired) electrons. The van der Waals surface area contributed by atoms with Crippen LogP contribution in [0.5, 0.6) is 0 Å². The Morgan fingerprint density at radius 1 is 1.67 bits per heavy atom. The zero-order valence-corrected chi connectivity index (χ0v) is 9.23. The second kappa shape index (κ2) is 3.93. The molecule has 1 heterocycles. The summed E-state index contributed by atoms with van der Waals surface area (Å²) in [5.74, 6) is 0.0853. The standard InChI is InChI=1S/C11H17NO3/c1-3-15-11(14)7(2)12-8-5-4-6-9(13)10(8)12/h7-8,10H,3-6H2,1-2H3/t7-,8?,10?,12?/m0/s1. The van der Waals surface area contributed by atoms with Gasteiger partial charge in [-0.1, -0.05) is 0 Å². The van der Waals surface area contributed by atoms with Crippen LogP contribution in [0.15, 0.2) is 0 Å². The number of hydrogen-bond acceptors (Lipinski definition) is 4. The van der Waals surface area contributed by atoms with Gasteiger partial charge in [0, 0.05) is 12.5 Å². The number of ketones is 1. The highest BCUT2D eigenvalue weighted by Gasteiger charge is 2.56. The highest BCUT2D eigenvalue weighted by molar-refractivity contribution is 5.90. The van der Waals surface area contributed by atoms with Crippen molar-refractivity contribution in [1.82, 2.24) is 4.90 Å². The summed E-state index contributed by atoms with van der Waals surface area (Å²) in [5, 5.41) is 0. The van der Waals surface area contributed by atoms with Gasteiger partial charge in [0.25, 0.3) is 0 Å². The Hall–Kier alpha value is -0.900. The normalized spacial score (nSPS) is 35.6. The van der Waals surface area contributed by atoms with Crippen LogP contribution in [0.4, 0.5) is 0 Å². The van der Waals surface area contributed by atoms with Crippen LogP contribution in [0.1, 0.15) is 33.1 Å². The van der Waals surface area contributed by atoms with Gasteiger partial charge in [0.2, 0.25) is 0 Å². The molecule has 0 amide bonds. The van der Waals surface area contributed by atoms with Gasteiger partial charge in [0.15, 0.2) is 5.78 Å². The average Bonchev–Trinajstić information content (AvgIpc) is 2.93. The number of likely N-dealkylation sites (tertiary alicyclic amines) is 1. The zero-order valence-electron chi connectivity index (χ0n) is 9.23. The third kappa shape index (κ3) is 1.78. The van der Waals surface area contributed by atoms with Crippen molar-refractivity contribution in [3.05, 3.63) is 0 Å². The SMILES string of the molecule is CCOC(=O)[C@H](C)N1C2CCCC(=O)C21.